The van der Waals surface area contributed by atoms with Crippen molar-refractivity contribution < 1.29 is 4.79 Å². The lowest BCUT2D eigenvalue weighted by Crippen LogP contribution is -2.45. The van der Waals surface area contributed by atoms with Gasteiger partial charge < -0.3 is 4.90 Å². The summed E-state index contributed by atoms with van der Waals surface area (Å²) in [5.74, 6) is 2.08. The molecule has 28 heavy (non-hydrogen) atoms. The van der Waals surface area contributed by atoms with Gasteiger partial charge in [-0.15, -0.1) is 0 Å². The van der Waals surface area contributed by atoms with Crippen LogP contribution in [0.15, 0.2) is 34.2 Å². The highest BCUT2D eigenvalue weighted by atomic mass is 32.2. The van der Waals surface area contributed by atoms with Crippen molar-refractivity contribution in [1.29, 1.82) is 0 Å². The number of fused-ring (bicyclic) bond motifs is 2. The summed E-state index contributed by atoms with van der Waals surface area (Å²) in [6.07, 6.45) is 8.49. The standard InChI is InChI=1S/C22H27N3O2S/c26-20(24-12-11-15-5-1-2-6-16(15)13-24)14-28-22-23-19-8-4-3-7-18(19)21(27)25(22)17-9-10-17/h3-4,7-8,15-17H,1-2,5-6,9-14H2/t15-,16+/m1/s1. The topological polar surface area (TPSA) is 55.2 Å². The van der Waals surface area contributed by atoms with Crippen molar-refractivity contribution >= 4 is 28.6 Å². The van der Waals surface area contributed by atoms with Gasteiger partial charge in [0.15, 0.2) is 5.16 Å². The number of piperidine rings is 1. The molecular formula is C22H27N3O2S. The van der Waals surface area contributed by atoms with Crippen LogP contribution in [0.4, 0.5) is 0 Å². The summed E-state index contributed by atoms with van der Waals surface area (Å²) in [6, 6.07) is 7.77. The lowest BCUT2D eigenvalue weighted by atomic mass is 9.75. The van der Waals surface area contributed by atoms with Crippen LogP contribution in [0, 0.1) is 11.8 Å². The number of para-hydroxylation sites is 1. The molecule has 2 heterocycles. The zero-order valence-corrected chi connectivity index (χ0v) is 17.0. The fraction of sp³-hybridized carbons (Fsp3) is 0.591. The summed E-state index contributed by atoms with van der Waals surface area (Å²) in [5, 5.41) is 1.37. The number of amides is 1. The van der Waals surface area contributed by atoms with Crippen molar-refractivity contribution in [3.05, 3.63) is 34.6 Å². The van der Waals surface area contributed by atoms with Crippen molar-refractivity contribution in [1.82, 2.24) is 14.5 Å². The third-order valence-electron chi connectivity index (χ3n) is 6.66. The molecule has 2 saturated carbocycles. The van der Waals surface area contributed by atoms with Crippen LogP contribution < -0.4 is 5.56 Å². The maximum absolute atomic E-state index is 12.9. The van der Waals surface area contributed by atoms with Crippen molar-refractivity contribution in [2.45, 2.75) is 56.1 Å². The van der Waals surface area contributed by atoms with E-state index in [1.165, 1.54) is 37.4 Å². The van der Waals surface area contributed by atoms with Crippen LogP contribution in [0.25, 0.3) is 10.9 Å². The molecule has 148 valence electrons. The van der Waals surface area contributed by atoms with E-state index in [1.807, 2.05) is 28.8 Å². The third-order valence-corrected chi connectivity index (χ3v) is 7.59. The minimum atomic E-state index is 0.0334. The second-order valence-corrected chi connectivity index (χ2v) is 9.48. The van der Waals surface area contributed by atoms with Crippen molar-refractivity contribution in [3.63, 3.8) is 0 Å². The van der Waals surface area contributed by atoms with Gasteiger partial charge in [0.25, 0.3) is 5.56 Å². The van der Waals surface area contributed by atoms with Crippen molar-refractivity contribution in [3.8, 4) is 0 Å². The lowest BCUT2D eigenvalue weighted by Gasteiger charge is -2.41. The fourth-order valence-corrected chi connectivity index (χ4v) is 5.90. The molecule has 0 unspecified atom stereocenters. The molecular weight excluding hydrogens is 370 g/mol. The molecule has 2 atom stereocenters. The summed E-state index contributed by atoms with van der Waals surface area (Å²) in [5.41, 5.74) is 0.758. The van der Waals surface area contributed by atoms with E-state index in [-0.39, 0.29) is 17.5 Å². The first-order valence-electron chi connectivity index (χ1n) is 10.6. The number of hydrogen-bond donors (Lipinski definition) is 0. The van der Waals surface area contributed by atoms with Gasteiger partial charge >= 0.3 is 0 Å². The molecule has 1 aromatic heterocycles. The van der Waals surface area contributed by atoms with Crippen LogP contribution in [0.3, 0.4) is 0 Å². The van der Waals surface area contributed by atoms with E-state index in [0.717, 1.165) is 43.8 Å². The molecule has 1 aromatic carbocycles. The van der Waals surface area contributed by atoms with Crippen LogP contribution in [0.2, 0.25) is 0 Å². The average molecular weight is 398 g/mol. The van der Waals surface area contributed by atoms with Crippen LogP contribution in [0.1, 0.15) is 51.0 Å². The van der Waals surface area contributed by atoms with Crippen LogP contribution >= 0.6 is 11.8 Å². The van der Waals surface area contributed by atoms with E-state index in [9.17, 15) is 9.59 Å². The number of hydrogen-bond acceptors (Lipinski definition) is 4. The van der Waals surface area contributed by atoms with E-state index < -0.39 is 0 Å². The molecule has 6 heteroatoms. The second-order valence-electron chi connectivity index (χ2n) is 8.54. The van der Waals surface area contributed by atoms with E-state index in [1.54, 1.807) is 0 Å². The van der Waals surface area contributed by atoms with Crippen LogP contribution in [-0.4, -0.2) is 39.2 Å². The second kappa shape index (κ2) is 7.54. The Morgan fingerprint density at radius 3 is 2.68 bits per heavy atom. The fourth-order valence-electron chi connectivity index (χ4n) is 4.93. The Kier molecular flexibility index (Phi) is 4.91. The number of aromatic nitrogens is 2. The molecule has 3 aliphatic rings. The van der Waals surface area contributed by atoms with Gasteiger partial charge in [-0.3, -0.25) is 14.2 Å². The predicted molar refractivity (Wildman–Crippen MR) is 112 cm³/mol. The molecule has 3 fully saturated rings. The van der Waals surface area contributed by atoms with Gasteiger partial charge in [0.2, 0.25) is 5.91 Å². The van der Waals surface area contributed by atoms with E-state index in [4.69, 9.17) is 4.98 Å². The van der Waals surface area contributed by atoms with Crippen molar-refractivity contribution in [2.75, 3.05) is 18.8 Å². The summed E-state index contributed by atoms with van der Waals surface area (Å²) < 4.78 is 1.83. The Hall–Kier alpha value is -1.82. The monoisotopic (exact) mass is 397 g/mol. The molecule has 5 rings (SSSR count). The highest BCUT2D eigenvalue weighted by Gasteiger charge is 2.33. The summed E-state index contributed by atoms with van der Waals surface area (Å²) >= 11 is 1.44. The summed E-state index contributed by atoms with van der Waals surface area (Å²) in [4.78, 5) is 32.6. The van der Waals surface area contributed by atoms with E-state index in [0.29, 0.717) is 22.2 Å². The largest absolute Gasteiger partial charge is 0.342 e. The van der Waals surface area contributed by atoms with Gasteiger partial charge in [0.1, 0.15) is 0 Å². The van der Waals surface area contributed by atoms with Crippen LogP contribution in [0.5, 0.6) is 0 Å². The summed E-state index contributed by atoms with van der Waals surface area (Å²) in [7, 11) is 0. The average Bonchev–Trinajstić information content (AvgIpc) is 3.56. The highest BCUT2D eigenvalue weighted by Crippen LogP contribution is 2.38. The molecule has 2 aromatic rings. The van der Waals surface area contributed by atoms with Gasteiger partial charge in [-0.05, 0) is 49.7 Å². The Morgan fingerprint density at radius 1 is 1.07 bits per heavy atom. The predicted octanol–water partition coefficient (Wildman–Crippen LogP) is 3.86. The Bertz CT molecular complexity index is 952. The molecule has 0 N–H and O–H groups in total. The van der Waals surface area contributed by atoms with Crippen LogP contribution in [-0.2, 0) is 4.79 Å². The van der Waals surface area contributed by atoms with Gasteiger partial charge in [-0.1, -0.05) is 43.2 Å². The number of carbonyl (C=O) groups is 1. The molecule has 1 saturated heterocycles. The first kappa shape index (κ1) is 18.2. The zero-order chi connectivity index (χ0) is 19.1. The first-order valence-corrected chi connectivity index (χ1v) is 11.6. The van der Waals surface area contributed by atoms with Gasteiger partial charge in [0, 0.05) is 19.1 Å². The molecule has 2 aliphatic carbocycles. The smallest absolute Gasteiger partial charge is 0.262 e. The number of nitrogens with zero attached hydrogens (tertiary/aromatic N) is 3. The molecule has 0 spiro atoms. The lowest BCUT2D eigenvalue weighted by molar-refractivity contribution is -0.131. The Morgan fingerprint density at radius 2 is 1.86 bits per heavy atom. The normalized spacial score (nSPS) is 24.9. The zero-order valence-electron chi connectivity index (χ0n) is 16.2. The number of thioether (sulfide) groups is 1. The summed E-state index contributed by atoms with van der Waals surface area (Å²) in [6.45, 7) is 1.81. The maximum atomic E-state index is 12.9. The SMILES string of the molecule is O=C(CSc1nc2ccccc2c(=O)n1C1CC1)N1CC[C@H]2CCCC[C@H]2C1. The third kappa shape index (κ3) is 3.47. The van der Waals surface area contributed by atoms with E-state index in [2.05, 4.69) is 4.90 Å². The molecule has 5 nitrogen and oxygen atoms in total. The van der Waals surface area contributed by atoms with Crippen molar-refractivity contribution in [2.24, 2.45) is 11.8 Å². The number of likely N-dealkylation sites (tertiary alicyclic amines) is 1. The molecule has 0 radical (unpaired) electrons. The number of carbonyl (C=O) groups excluding carboxylic acids is 1. The van der Waals surface area contributed by atoms with Gasteiger partial charge in [0.05, 0.1) is 16.7 Å². The number of rotatable bonds is 4. The molecule has 1 aliphatic heterocycles. The quantitative estimate of drug-likeness (QED) is 0.581. The number of benzene rings is 1. The van der Waals surface area contributed by atoms with E-state index >= 15 is 0 Å². The molecule has 1 amide bonds. The highest BCUT2D eigenvalue weighted by molar-refractivity contribution is 7.99. The Balaban J connectivity index is 1.32. The van der Waals surface area contributed by atoms with Gasteiger partial charge in [-0.2, -0.15) is 0 Å². The maximum Gasteiger partial charge on any atom is 0.262 e. The minimum absolute atomic E-state index is 0.0334. The first-order chi connectivity index (χ1) is 13.7. The minimum Gasteiger partial charge on any atom is -0.342 e. The van der Waals surface area contributed by atoms with Gasteiger partial charge in [-0.25, -0.2) is 4.98 Å². The Labute approximate surface area is 169 Å². The molecule has 0 bridgehead atoms.